The van der Waals surface area contributed by atoms with E-state index in [0.29, 0.717) is 52.4 Å². The fourth-order valence-corrected chi connectivity index (χ4v) is 5.28. The van der Waals surface area contributed by atoms with Gasteiger partial charge in [-0.25, -0.2) is 0 Å². The average molecular weight is 485 g/mol. The minimum absolute atomic E-state index is 0.00470. The van der Waals surface area contributed by atoms with Crippen molar-refractivity contribution in [2.75, 3.05) is 12.0 Å². The van der Waals surface area contributed by atoms with Crippen molar-refractivity contribution in [2.45, 2.75) is 25.2 Å². The summed E-state index contributed by atoms with van der Waals surface area (Å²) < 4.78 is 5.67. The molecule has 1 atom stereocenters. The van der Waals surface area contributed by atoms with Crippen LogP contribution in [-0.2, 0) is 4.79 Å². The highest BCUT2D eigenvalue weighted by molar-refractivity contribution is 6.34. The maximum Gasteiger partial charge on any atom is 0.161 e. The van der Waals surface area contributed by atoms with E-state index < -0.39 is 5.92 Å². The fourth-order valence-electron chi connectivity index (χ4n) is 5.06. The highest BCUT2D eigenvalue weighted by Crippen LogP contribution is 2.50. The van der Waals surface area contributed by atoms with Gasteiger partial charge in [-0.1, -0.05) is 72.3 Å². The Bertz CT molecular complexity index is 1380. The van der Waals surface area contributed by atoms with Gasteiger partial charge in [0.25, 0.3) is 0 Å². The highest BCUT2D eigenvalue weighted by atomic mass is 35.5. The van der Waals surface area contributed by atoms with E-state index in [4.69, 9.17) is 16.3 Å². The van der Waals surface area contributed by atoms with Gasteiger partial charge in [-0.3, -0.25) is 15.1 Å². The predicted octanol–water partition coefficient (Wildman–Crippen LogP) is 6.91. The number of carbonyl (C=O) groups is 1. The first-order valence-corrected chi connectivity index (χ1v) is 11.9. The molecular formula is C29H25ClN2O3. The van der Waals surface area contributed by atoms with Crippen LogP contribution in [0, 0.1) is 5.41 Å². The Labute approximate surface area is 209 Å². The number of nitrogens with one attached hydrogen (secondary N) is 1. The molecule has 176 valence electrons. The largest absolute Gasteiger partial charge is 0.507 e. The number of allylic oxidation sites excluding steroid dienone is 2. The lowest BCUT2D eigenvalue weighted by molar-refractivity contribution is -0.116. The van der Waals surface area contributed by atoms with E-state index in [-0.39, 0.29) is 17.4 Å². The summed E-state index contributed by atoms with van der Waals surface area (Å²) in [7, 11) is 1.58. The molecule has 0 amide bonds. The number of carbonyl (C=O) groups excluding carboxylic acids is 1. The number of anilines is 1. The lowest BCUT2D eigenvalue weighted by Crippen LogP contribution is -2.42. The van der Waals surface area contributed by atoms with Crippen LogP contribution >= 0.6 is 11.6 Å². The molecular weight excluding hydrogens is 460 g/mol. The standard InChI is InChI=1S/C29H25ClN2O3/c1-35-24-17-8-5-12-19(24)25-26-22(15-9-16-23(26)33)32(21-14-7-6-13-20(21)30)29(31)27(25)28(34)18-10-3-2-4-11-18/h2-8,10-14,17,25,31,34H,9,15-16H2,1H3/b28-27+,31-29?. The molecule has 2 N–H and O–H groups in total. The smallest absolute Gasteiger partial charge is 0.161 e. The maximum absolute atomic E-state index is 13.6. The second-order valence-electron chi connectivity index (χ2n) is 8.58. The van der Waals surface area contributed by atoms with Crippen molar-refractivity contribution in [1.82, 2.24) is 0 Å². The first kappa shape index (κ1) is 22.9. The van der Waals surface area contributed by atoms with E-state index in [1.807, 2.05) is 60.7 Å². The number of aliphatic hydroxyl groups excluding tert-OH is 1. The summed E-state index contributed by atoms with van der Waals surface area (Å²) in [6, 6.07) is 23.9. The molecule has 1 heterocycles. The molecule has 5 rings (SSSR count). The Balaban J connectivity index is 1.87. The Morgan fingerprint density at radius 2 is 1.69 bits per heavy atom. The first-order valence-electron chi connectivity index (χ1n) is 11.5. The number of para-hydroxylation sites is 2. The second-order valence-corrected chi connectivity index (χ2v) is 8.98. The SMILES string of the molecule is COc1ccccc1C1C2=C(CCCC2=O)N(c2ccccc2Cl)C(=N)/C1=C(/O)c1ccccc1. The molecule has 5 nitrogen and oxygen atoms in total. The van der Waals surface area contributed by atoms with Gasteiger partial charge in [-0.15, -0.1) is 0 Å². The third kappa shape index (κ3) is 3.92. The molecule has 0 bridgehead atoms. The molecule has 3 aromatic carbocycles. The van der Waals surface area contributed by atoms with Crippen LogP contribution in [0.15, 0.2) is 95.7 Å². The molecule has 6 heteroatoms. The minimum atomic E-state index is -0.652. The molecule has 0 fully saturated rings. The maximum atomic E-state index is 13.6. The fraction of sp³-hybridized carbons (Fsp3) is 0.172. The number of aliphatic hydroxyl groups is 1. The van der Waals surface area contributed by atoms with E-state index in [2.05, 4.69) is 0 Å². The number of ketones is 1. The van der Waals surface area contributed by atoms with E-state index in [1.165, 1.54) is 0 Å². The van der Waals surface area contributed by atoms with Gasteiger partial charge in [0, 0.05) is 34.4 Å². The van der Waals surface area contributed by atoms with Crippen LogP contribution in [0.2, 0.25) is 5.02 Å². The van der Waals surface area contributed by atoms with E-state index in [0.717, 1.165) is 11.3 Å². The summed E-state index contributed by atoms with van der Waals surface area (Å²) in [5.74, 6) is -0.0113. The van der Waals surface area contributed by atoms with Gasteiger partial charge in [-0.05, 0) is 31.0 Å². The number of ether oxygens (including phenoxy) is 1. The minimum Gasteiger partial charge on any atom is -0.507 e. The summed E-state index contributed by atoms with van der Waals surface area (Å²) in [5, 5.41) is 21.5. The van der Waals surface area contributed by atoms with Gasteiger partial charge >= 0.3 is 0 Å². The monoisotopic (exact) mass is 484 g/mol. The number of nitrogens with zero attached hydrogens (tertiary/aromatic N) is 1. The van der Waals surface area contributed by atoms with E-state index >= 15 is 0 Å². The van der Waals surface area contributed by atoms with Crippen molar-refractivity contribution in [3.05, 3.63) is 112 Å². The van der Waals surface area contributed by atoms with Crippen LogP contribution in [0.25, 0.3) is 5.76 Å². The molecule has 0 spiro atoms. The zero-order chi connectivity index (χ0) is 24.5. The number of halogens is 1. The Morgan fingerprint density at radius 3 is 2.43 bits per heavy atom. The third-order valence-corrected chi connectivity index (χ3v) is 6.92. The zero-order valence-corrected chi connectivity index (χ0v) is 20.0. The lowest BCUT2D eigenvalue weighted by atomic mass is 9.73. The Kier molecular flexibility index (Phi) is 6.18. The van der Waals surface area contributed by atoms with Gasteiger partial charge in [0.05, 0.1) is 23.7 Å². The van der Waals surface area contributed by atoms with Crippen molar-refractivity contribution >= 4 is 34.7 Å². The lowest BCUT2D eigenvalue weighted by Gasteiger charge is -2.42. The second kappa shape index (κ2) is 9.43. The summed E-state index contributed by atoms with van der Waals surface area (Å²) in [6.45, 7) is 0. The first-order chi connectivity index (χ1) is 17.0. The van der Waals surface area contributed by atoms with E-state index in [9.17, 15) is 15.3 Å². The number of Topliss-reactive ketones (excluding diaryl/α,β-unsaturated/α-hetero) is 1. The molecule has 1 unspecified atom stereocenters. The number of hydrogen-bond acceptors (Lipinski definition) is 4. The third-order valence-electron chi connectivity index (χ3n) is 6.60. The Morgan fingerprint density at radius 1 is 1.00 bits per heavy atom. The van der Waals surface area contributed by atoms with Crippen LogP contribution < -0.4 is 9.64 Å². The van der Waals surface area contributed by atoms with Crippen molar-refractivity contribution < 1.29 is 14.6 Å². The Hall–Kier alpha value is -3.83. The topological polar surface area (TPSA) is 73.6 Å². The van der Waals surface area contributed by atoms with Crippen molar-refractivity contribution in [2.24, 2.45) is 0 Å². The number of amidine groups is 1. The van der Waals surface area contributed by atoms with Gasteiger partial charge in [-0.2, -0.15) is 0 Å². The van der Waals surface area contributed by atoms with Crippen molar-refractivity contribution in [3.63, 3.8) is 0 Å². The molecule has 1 aliphatic carbocycles. The highest BCUT2D eigenvalue weighted by Gasteiger charge is 2.44. The summed E-state index contributed by atoms with van der Waals surface area (Å²) in [5.41, 5.74) is 3.58. The van der Waals surface area contributed by atoms with Crippen LogP contribution in [-0.4, -0.2) is 23.8 Å². The van der Waals surface area contributed by atoms with Gasteiger partial charge < -0.3 is 9.84 Å². The number of methoxy groups -OCH3 is 1. The molecule has 0 aromatic heterocycles. The molecule has 0 saturated heterocycles. The quantitative estimate of drug-likeness (QED) is 0.395. The van der Waals surface area contributed by atoms with Gasteiger partial charge in [0.15, 0.2) is 5.78 Å². The van der Waals surface area contributed by atoms with Gasteiger partial charge in [0.2, 0.25) is 0 Å². The molecule has 1 aliphatic heterocycles. The van der Waals surface area contributed by atoms with Crippen LogP contribution in [0.3, 0.4) is 0 Å². The number of benzene rings is 3. The van der Waals surface area contributed by atoms with Gasteiger partial charge in [0.1, 0.15) is 17.3 Å². The summed E-state index contributed by atoms with van der Waals surface area (Å²) >= 11 is 6.59. The van der Waals surface area contributed by atoms with E-state index in [1.54, 1.807) is 30.2 Å². The number of rotatable bonds is 4. The molecule has 3 aromatic rings. The molecule has 0 radical (unpaired) electrons. The van der Waals surface area contributed by atoms with Crippen LogP contribution in [0.1, 0.15) is 36.3 Å². The normalized spacial score (nSPS) is 19.5. The van der Waals surface area contributed by atoms with Crippen molar-refractivity contribution in [1.29, 1.82) is 5.41 Å². The van der Waals surface area contributed by atoms with Crippen LogP contribution in [0.5, 0.6) is 5.75 Å². The zero-order valence-electron chi connectivity index (χ0n) is 19.3. The van der Waals surface area contributed by atoms with Crippen molar-refractivity contribution in [3.8, 4) is 5.75 Å². The average Bonchev–Trinajstić information content (AvgIpc) is 2.89. The number of hydrogen-bond donors (Lipinski definition) is 2. The summed E-state index contributed by atoms with van der Waals surface area (Å²) in [6.07, 6.45) is 1.72. The summed E-state index contributed by atoms with van der Waals surface area (Å²) in [4.78, 5) is 15.3. The predicted molar refractivity (Wildman–Crippen MR) is 139 cm³/mol. The molecule has 2 aliphatic rings. The van der Waals surface area contributed by atoms with Crippen LogP contribution in [0.4, 0.5) is 5.69 Å². The molecule has 0 saturated carbocycles. The molecule has 35 heavy (non-hydrogen) atoms.